The lowest BCUT2D eigenvalue weighted by atomic mass is 9.99. The molecule has 0 bridgehead atoms. The normalized spacial score (nSPS) is 21.3. The average Bonchev–Trinajstić information content (AvgIpc) is 2.84. The fourth-order valence-electron chi connectivity index (χ4n) is 4.27. The monoisotopic (exact) mass is 465 g/mol. The van der Waals surface area contributed by atoms with E-state index in [0.29, 0.717) is 12.3 Å². The van der Waals surface area contributed by atoms with Crippen molar-refractivity contribution in [3.05, 3.63) is 53.8 Å². The number of nitrogens with zero attached hydrogens (tertiary/aromatic N) is 2. The van der Waals surface area contributed by atoms with Crippen LogP contribution in [0.3, 0.4) is 0 Å². The molecule has 7 heteroatoms. The summed E-state index contributed by atoms with van der Waals surface area (Å²) in [6.45, 7) is 1.19. The van der Waals surface area contributed by atoms with Gasteiger partial charge in [-0.2, -0.15) is 4.90 Å². The number of halogens is 2. The van der Waals surface area contributed by atoms with Crippen molar-refractivity contribution in [3.63, 3.8) is 0 Å². The van der Waals surface area contributed by atoms with E-state index in [-0.39, 0.29) is 22.5 Å². The van der Waals surface area contributed by atoms with Crippen LogP contribution in [0.1, 0.15) is 31.2 Å². The van der Waals surface area contributed by atoms with E-state index >= 15 is 0 Å². The second-order valence-electron chi connectivity index (χ2n) is 7.34. The highest BCUT2D eigenvalue weighted by molar-refractivity contribution is 8.93. The van der Waals surface area contributed by atoms with Gasteiger partial charge in [-0.3, -0.25) is 4.58 Å². The topological polar surface area (TPSA) is 44.9 Å². The smallest absolute Gasteiger partial charge is 0.278 e. The number of hydrogen-bond acceptors (Lipinski definition) is 4. The molecular weight excluding hydrogens is 439 g/mol. The van der Waals surface area contributed by atoms with Crippen molar-refractivity contribution < 1.29 is 23.5 Å². The molecule has 2 aliphatic rings. The van der Waals surface area contributed by atoms with Gasteiger partial charge in [-0.25, -0.2) is 4.39 Å². The first-order valence-electron chi connectivity index (χ1n) is 9.68. The molecule has 0 fully saturated rings. The lowest BCUT2D eigenvalue weighted by Gasteiger charge is -2.29. The van der Waals surface area contributed by atoms with Crippen LogP contribution in [0, 0.1) is 5.82 Å². The van der Waals surface area contributed by atoms with Crippen LogP contribution in [0.5, 0.6) is 11.5 Å². The molecule has 0 saturated carbocycles. The molecule has 0 aromatic heterocycles. The van der Waals surface area contributed by atoms with Crippen LogP contribution in [0.2, 0.25) is 0 Å². The molecule has 29 heavy (non-hydrogen) atoms. The van der Waals surface area contributed by atoms with Crippen LogP contribution < -0.4 is 14.4 Å². The van der Waals surface area contributed by atoms with Crippen LogP contribution >= 0.6 is 17.0 Å². The molecule has 1 N–H and O–H groups in total. The molecular formula is C22H27BrFN2O3+. The summed E-state index contributed by atoms with van der Waals surface area (Å²) < 4.78 is 27.6. The summed E-state index contributed by atoms with van der Waals surface area (Å²) in [5, 5.41) is 11.8. The van der Waals surface area contributed by atoms with Gasteiger partial charge in [0.05, 0.1) is 26.3 Å². The highest BCUT2D eigenvalue weighted by Gasteiger charge is 2.55. The van der Waals surface area contributed by atoms with E-state index in [9.17, 15) is 9.50 Å². The van der Waals surface area contributed by atoms with E-state index in [2.05, 4.69) is 4.58 Å². The molecule has 0 spiro atoms. The van der Waals surface area contributed by atoms with Crippen molar-refractivity contribution in [1.82, 2.24) is 0 Å². The fraction of sp³-hybridized carbons (Fsp3) is 0.409. The van der Waals surface area contributed by atoms with Gasteiger partial charge in [0.2, 0.25) is 0 Å². The molecule has 4 rings (SSSR count). The molecule has 156 valence electrons. The SMILES string of the molecule is Br.COc1ccc(N2C3=[N+](CCCCC3)CC2(O)c2ccc(OC)cc2F)cc1. The molecule has 0 radical (unpaired) electrons. The Hall–Kier alpha value is -2.12. The Morgan fingerprint density at radius 2 is 1.69 bits per heavy atom. The minimum atomic E-state index is -1.49. The van der Waals surface area contributed by atoms with E-state index in [1.165, 1.54) is 13.2 Å². The van der Waals surface area contributed by atoms with Gasteiger partial charge in [-0.15, -0.1) is 17.0 Å². The zero-order valence-electron chi connectivity index (χ0n) is 16.7. The van der Waals surface area contributed by atoms with Crippen molar-refractivity contribution in [2.75, 3.05) is 32.2 Å². The maximum Gasteiger partial charge on any atom is 0.278 e. The number of amidine groups is 1. The van der Waals surface area contributed by atoms with Crippen LogP contribution in [0.25, 0.3) is 0 Å². The zero-order chi connectivity index (χ0) is 19.7. The Balaban J connectivity index is 0.00000240. The minimum Gasteiger partial charge on any atom is -0.497 e. The minimum absolute atomic E-state index is 0. The third-order valence-corrected chi connectivity index (χ3v) is 5.67. The Kier molecular flexibility index (Phi) is 6.49. The summed E-state index contributed by atoms with van der Waals surface area (Å²) in [6, 6.07) is 12.2. The van der Waals surface area contributed by atoms with Gasteiger partial charge < -0.3 is 14.6 Å². The quantitative estimate of drug-likeness (QED) is 0.691. The highest BCUT2D eigenvalue weighted by Crippen LogP contribution is 2.39. The van der Waals surface area contributed by atoms with Crippen LogP contribution in [-0.4, -0.2) is 42.8 Å². The van der Waals surface area contributed by atoms with Crippen LogP contribution in [-0.2, 0) is 5.72 Å². The molecule has 0 amide bonds. The standard InChI is InChI=1S/C22H26FN2O3.BrH/c1-27-17-9-7-16(8-10-17)25-21-6-4-3-5-13-24(21)15-22(25,26)19-12-11-18(28-2)14-20(19)23;/h7-12,14,26H,3-6,13,15H2,1-2H3;1H/q+1;. The summed E-state index contributed by atoms with van der Waals surface area (Å²) in [6.07, 6.45) is 4.14. The number of aliphatic hydroxyl groups is 1. The molecule has 0 aliphatic carbocycles. The maximum absolute atomic E-state index is 15.0. The first-order chi connectivity index (χ1) is 13.6. The van der Waals surface area contributed by atoms with Crippen molar-refractivity contribution in [2.45, 2.75) is 31.4 Å². The zero-order valence-corrected chi connectivity index (χ0v) is 18.4. The summed E-state index contributed by atoms with van der Waals surface area (Å²) in [7, 11) is 3.12. The molecule has 0 saturated heterocycles. The largest absolute Gasteiger partial charge is 0.497 e. The van der Waals surface area contributed by atoms with Gasteiger partial charge in [0.15, 0.2) is 6.54 Å². The molecule has 5 nitrogen and oxygen atoms in total. The van der Waals surface area contributed by atoms with Crippen molar-refractivity contribution in [1.29, 1.82) is 0 Å². The number of anilines is 1. The maximum atomic E-state index is 15.0. The summed E-state index contributed by atoms with van der Waals surface area (Å²) >= 11 is 0. The van der Waals surface area contributed by atoms with Gasteiger partial charge in [0, 0.05) is 12.5 Å². The summed E-state index contributed by atoms with van der Waals surface area (Å²) in [4.78, 5) is 1.89. The van der Waals surface area contributed by atoms with Gasteiger partial charge in [-0.05, 0) is 55.7 Å². The molecule has 1 unspecified atom stereocenters. The Morgan fingerprint density at radius 3 is 2.34 bits per heavy atom. The third kappa shape index (κ3) is 3.85. The van der Waals surface area contributed by atoms with Gasteiger partial charge >= 0.3 is 0 Å². The second-order valence-corrected chi connectivity index (χ2v) is 7.34. The molecule has 2 aromatic rings. The molecule has 1 atom stereocenters. The number of benzene rings is 2. The van der Waals surface area contributed by atoms with Crippen LogP contribution in [0.15, 0.2) is 42.5 Å². The highest BCUT2D eigenvalue weighted by atomic mass is 79.9. The predicted octanol–water partition coefficient (Wildman–Crippen LogP) is 4.07. The Bertz CT molecular complexity index is 903. The molecule has 2 heterocycles. The third-order valence-electron chi connectivity index (χ3n) is 5.67. The average molecular weight is 466 g/mol. The van der Waals surface area contributed by atoms with Crippen molar-refractivity contribution in [3.8, 4) is 11.5 Å². The van der Waals surface area contributed by atoms with E-state index in [1.807, 2.05) is 29.2 Å². The van der Waals surface area contributed by atoms with Gasteiger partial charge in [0.25, 0.3) is 11.6 Å². The second kappa shape index (κ2) is 8.71. The van der Waals surface area contributed by atoms with Gasteiger partial charge in [-0.1, -0.05) is 0 Å². The molecule has 2 aromatic carbocycles. The van der Waals surface area contributed by atoms with Crippen LogP contribution in [0.4, 0.5) is 10.1 Å². The number of rotatable bonds is 4. The lowest BCUT2D eigenvalue weighted by Crippen LogP contribution is -2.48. The number of ether oxygens (including phenoxy) is 2. The van der Waals surface area contributed by atoms with E-state index in [4.69, 9.17) is 9.47 Å². The van der Waals surface area contributed by atoms with E-state index in [1.54, 1.807) is 19.2 Å². The lowest BCUT2D eigenvalue weighted by molar-refractivity contribution is -0.534. The van der Waals surface area contributed by atoms with E-state index < -0.39 is 11.5 Å². The number of hydrogen-bond donors (Lipinski definition) is 1. The summed E-state index contributed by atoms with van der Waals surface area (Å²) in [5.41, 5.74) is -0.417. The Morgan fingerprint density at radius 1 is 1.00 bits per heavy atom. The van der Waals surface area contributed by atoms with Crippen molar-refractivity contribution >= 4 is 28.5 Å². The first kappa shape index (κ1) is 21.6. The Labute approximate surface area is 181 Å². The molecule has 2 aliphatic heterocycles. The van der Waals surface area contributed by atoms with Crippen molar-refractivity contribution in [2.24, 2.45) is 0 Å². The first-order valence-corrected chi connectivity index (χ1v) is 9.68. The van der Waals surface area contributed by atoms with E-state index in [0.717, 1.165) is 49.5 Å². The fourth-order valence-corrected chi connectivity index (χ4v) is 4.27. The number of methoxy groups -OCH3 is 2. The van der Waals surface area contributed by atoms with Gasteiger partial charge in [0.1, 0.15) is 23.0 Å². The summed E-state index contributed by atoms with van der Waals surface area (Å²) in [5.74, 6) is 1.74. The predicted molar refractivity (Wildman–Crippen MR) is 116 cm³/mol.